The molecule has 1 N–H and O–H groups in total. The standard InChI is InChI=1S/C15H21BrN2O2S/c1-5-10-14(20)18(8-11-9(16)6-7-21-11)12(13(19)17-10)15(2,3)4/h6-7,10,12H,5,8H2,1-4H3,(H,17,19). The summed E-state index contributed by atoms with van der Waals surface area (Å²) >= 11 is 5.10. The summed E-state index contributed by atoms with van der Waals surface area (Å²) in [5.41, 5.74) is -0.303. The summed E-state index contributed by atoms with van der Waals surface area (Å²) in [4.78, 5) is 28.0. The van der Waals surface area contributed by atoms with Gasteiger partial charge in [0.2, 0.25) is 11.8 Å². The van der Waals surface area contributed by atoms with E-state index in [1.807, 2.05) is 39.1 Å². The van der Waals surface area contributed by atoms with Gasteiger partial charge in [0.05, 0.1) is 6.54 Å². The zero-order valence-electron chi connectivity index (χ0n) is 12.8. The van der Waals surface area contributed by atoms with Crippen LogP contribution in [0.2, 0.25) is 0 Å². The second kappa shape index (κ2) is 6.08. The van der Waals surface area contributed by atoms with Crippen molar-refractivity contribution >= 4 is 39.1 Å². The van der Waals surface area contributed by atoms with Gasteiger partial charge < -0.3 is 10.2 Å². The first-order valence-corrected chi connectivity index (χ1v) is 8.75. The van der Waals surface area contributed by atoms with Gasteiger partial charge >= 0.3 is 0 Å². The lowest BCUT2D eigenvalue weighted by Crippen LogP contribution is -2.66. The number of carbonyl (C=O) groups is 2. The lowest BCUT2D eigenvalue weighted by atomic mass is 9.83. The Morgan fingerprint density at radius 3 is 2.52 bits per heavy atom. The number of amides is 2. The summed E-state index contributed by atoms with van der Waals surface area (Å²) in [5.74, 6) is -0.0426. The molecule has 1 aromatic rings. The van der Waals surface area contributed by atoms with Crippen molar-refractivity contribution in [3.8, 4) is 0 Å². The normalized spacial score (nSPS) is 23.4. The maximum atomic E-state index is 12.7. The molecule has 2 atom stereocenters. The number of halogens is 1. The van der Waals surface area contributed by atoms with E-state index in [0.717, 1.165) is 9.35 Å². The van der Waals surface area contributed by atoms with Crippen LogP contribution in [0.3, 0.4) is 0 Å². The van der Waals surface area contributed by atoms with Gasteiger partial charge in [0.1, 0.15) is 12.1 Å². The predicted molar refractivity (Wildman–Crippen MR) is 88.0 cm³/mol. The fourth-order valence-electron chi connectivity index (χ4n) is 2.68. The molecule has 1 aliphatic heterocycles. The number of nitrogens with one attached hydrogen (secondary N) is 1. The third-order valence-electron chi connectivity index (χ3n) is 3.69. The van der Waals surface area contributed by atoms with Gasteiger partial charge in [0.15, 0.2) is 0 Å². The van der Waals surface area contributed by atoms with Crippen LogP contribution in [-0.4, -0.2) is 28.8 Å². The minimum absolute atomic E-state index is 0.0114. The van der Waals surface area contributed by atoms with Crippen molar-refractivity contribution in [1.82, 2.24) is 10.2 Å². The van der Waals surface area contributed by atoms with Crippen LogP contribution in [0.1, 0.15) is 39.0 Å². The molecule has 0 bridgehead atoms. The topological polar surface area (TPSA) is 49.4 Å². The van der Waals surface area contributed by atoms with Crippen molar-refractivity contribution in [3.05, 3.63) is 20.8 Å². The van der Waals surface area contributed by atoms with Crippen molar-refractivity contribution in [2.75, 3.05) is 0 Å². The molecule has 21 heavy (non-hydrogen) atoms. The van der Waals surface area contributed by atoms with E-state index in [4.69, 9.17) is 0 Å². The van der Waals surface area contributed by atoms with E-state index < -0.39 is 12.1 Å². The summed E-state index contributed by atoms with van der Waals surface area (Å²) < 4.78 is 0.993. The molecule has 0 aromatic carbocycles. The Hall–Kier alpha value is -0.880. The highest BCUT2D eigenvalue weighted by atomic mass is 79.9. The smallest absolute Gasteiger partial charge is 0.246 e. The number of hydrogen-bond donors (Lipinski definition) is 1. The van der Waals surface area contributed by atoms with E-state index in [1.165, 1.54) is 0 Å². The Balaban J connectivity index is 2.36. The highest BCUT2D eigenvalue weighted by Crippen LogP contribution is 2.32. The van der Waals surface area contributed by atoms with Crippen molar-refractivity contribution in [2.24, 2.45) is 5.41 Å². The van der Waals surface area contributed by atoms with Crippen LogP contribution < -0.4 is 5.32 Å². The Bertz CT molecular complexity index is 550. The molecular weight excluding hydrogens is 352 g/mol. The van der Waals surface area contributed by atoms with E-state index in [2.05, 4.69) is 21.2 Å². The molecule has 4 nitrogen and oxygen atoms in total. The van der Waals surface area contributed by atoms with Crippen LogP contribution in [0, 0.1) is 5.41 Å². The van der Waals surface area contributed by atoms with Crippen LogP contribution in [0.4, 0.5) is 0 Å². The highest BCUT2D eigenvalue weighted by molar-refractivity contribution is 9.10. The molecular formula is C15H21BrN2O2S. The van der Waals surface area contributed by atoms with Gasteiger partial charge in [-0.25, -0.2) is 0 Å². The van der Waals surface area contributed by atoms with Crippen LogP contribution in [0.5, 0.6) is 0 Å². The molecule has 1 aliphatic rings. The van der Waals surface area contributed by atoms with Crippen LogP contribution >= 0.6 is 27.3 Å². The van der Waals surface area contributed by atoms with Crippen LogP contribution in [0.25, 0.3) is 0 Å². The molecule has 2 unspecified atom stereocenters. The SMILES string of the molecule is CCC1NC(=O)C(C(C)(C)C)N(Cc2sccc2Br)C1=O. The number of nitrogens with zero attached hydrogens (tertiary/aromatic N) is 1. The molecule has 116 valence electrons. The van der Waals surface area contributed by atoms with Gasteiger partial charge in [-0.15, -0.1) is 11.3 Å². The molecule has 0 spiro atoms. The van der Waals surface area contributed by atoms with Gasteiger partial charge in [0, 0.05) is 9.35 Å². The molecule has 0 saturated carbocycles. The molecule has 2 amide bonds. The number of piperazine rings is 1. The molecule has 0 radical (unpaired) electrons. The Morgan fingerprint density at radius 2 is 2.05 bits per heavy atom. The quantitative estimate of drug-likeness (QED) is 0.885. The van der Waals surface area contributed by atoms with Crippen molar-refractivity contribution in [2.45, 2.75) is 52.7 Å². The van der Waals surface area contributed by atoms with E-state index in [1.54, 1.807) is 16.2 Å². The zero-order chi connectivity index (χ0) is 15.8. The summed E-state index contributed by atoms with van der Waals surface area (Å²) in [6.07, 6.45) is 0.615. The minimum atomic E-state index is -0.443. The molecule has 2 heterocycles. The summed E-state index contributed by atoms with van der Waals surface area (Å²) in [7, 11) is 0. The van der Waals surface area contributed by atoms with Crippen LogP contribution in [-0.2, 0) is 16.1 Å². The van der Waals surface area contributed by atoms with E-state index in [0.29, 0.717) is 13.0 Å². The first-order valence-electron chi connectivity index (χ1n) is 7.08. The van der Waals surface area contributed by atoms with Gasteiger partial charge in [0.25, 0.3) is 0 Å². The molecule has 1 saturated heterocycles. The molecule has 1 fully saturated rings. The van der Waals surface area contributed by atoms with E-state index in [9.17, 15) is 9.59 Å². The third-order valence-corrected chi connectivity index (χ3v) is 5.60. The Morgan fingerprint density at radius 1 is 1.38 bits per heavy atom. The average Bonchev–Trinajstić information content (AvgIpc) is 2.77. The van der Waals surface area contributed by atoms with Gasteiger partial charge in [-0.05, 0) is 39.2 Å². The maximum absolute atomic E-state index is 12.7. The number of rotatable bonds is 3. The summed E-state index contributed by atoms with van der Waals surface area (Å²) in [6.45, 7) is 8.37. The third kappa shape index (κ3) is 3.31. The minimum Gasteiger partial charge on any atom is -0.342 e. The average molecular weight is 373 g/mol. The number of hydrogen-bond acceptors (Lipinski definition) is 3. The second-order valence-corrected chi connectivity index (χ2v) is 8.25. The van der Waals surface area contributed by atoms with Gasteiger partial charge in [-0.2, -0.15) is 0 Å². The lowest BCUT2D eigenvalue weighted by molar-refractivity contribution is -0.154. The van der Waals surface area contributed by atoms with Crippen molar-refractivity contribution in [3.63, 3.8) is 0 Å². The van der Waals surface area contributed by atoms with E-state index >= 15 is 0 Å². The molecule has 6 heteroatoms. The zero-order valence-corrected chi connectivity index (χ0v) is 15.2. The fraction of sp³-hybridized carbons (Fsp3) is 0.600. The fourth-order valence-corrected chi connectivity index (χ4v) is 4.16. The number of carbonyl (C=O) groups excluding carboxylic acids is 2. The largest absolute Gasteiger partial charge is 0.342 e. The van der Waals surface area contributed by atoms with Crippen molar-refractivity contribution < 1.29 is 9.59 Å². The Kier molecular flexibility index (Phi) is 4.78. The Labute approximate surface area is 138 Å². The van der Waals surface area contributed by atoms with Gasteiger partial charge in [-0.1, -0.05) is 27.7 Å². The summed E-state index contributed by atoms with van der Waals surface area (Å²) in [5, 5.41) is 4.84. The first-order chi connectivity index (χ1) is 9.75. The second-order valence-electron chi connectivity index (χ2n) is 6.40. The number of thiophene rings is 1. The van der Waals surface area contributed by atoms with Gasteiger partial charge in [-0.3, -0.25) is 9.59 Å². The van der Waals surface area contributed by atoms with Crippen molar-refractivity contribution in [1.29, 1.82) is 0 Å². The highest BCUT2D eigenvalue weighted by Gasteiger charge is 2.45. The lowest BCUT2D eigenvalue weighted by Gasteiger charge is -2.44. The maximum Gasteiger partial charge on any atom is 0.246 e. The monoisotopic (exact) mass is 372 g/mol. The van der Waals surface area contributed by atoms with Crippen LogP contribution in [0.15, 0.2) is 15.9 Å². The molecule has 2 rings (SSSR count). The van der Waals surface area contributed by atoms with E-state index in [-0.39, 0.29) is 17.2 Å². The predicted octanol–water partition coefficient (Wildman–Crippen LogP) is 3.16. The molecule has 0 aliphatic carbocycles. The summed E-state index contributed by atoms with van der Waals surface area (Å²) in [6, 6.07) is 1.12. The molecule has 1 aromatic heterocycles. The first kappa shape index (κ1) is 16.5.